The van der Waals surface area contributed by atoms with Crippen LogP contribution in [0.25, 0.3) is 0 Å². The summed E-state index contributed by atoms with van der Waals surface area (Å²) >= 11 is 0. The molecule has 0 radical (unpaired) electrons. The maximum atomic E-state index is 3.75. The van der Waals surface area contributed by atoms with Crippen LogP contribution in [0, 0.1) is 17.8 Å². The molecule has 0 saturated carbocycles. The first-order valence-corrected chi connectivity index (χ1v) is 7.97. The summed E-state index contributed by atoms with van der Waals surface area (Å²) in [5.41, 5.74) is 0. The molecular weight excluding hydrogens is 220 g/mol. The van der Waals surface area contributed by atoms with Gasteiger partial charge in [-0.15, -0.1) is 0 Å². The topological polar surface area (TPSA) is 24.1 Å². The first kappa shape index (κ1) is 16.0. The van der Waals surface area contributed by atoms with E-state index >= 15 is 0 Å². The van der Waals surface area contributed by atoms with Crippen LogP contribution in [0.15, 0.2) is 0 Å². The second kappa shape index (κ2) is 8.16. The Kier molecular flexibility index (Phi) is 7.25. The summed E-state index contributed by atoms with van der Waals surface area (Å²) in [7, 11) is 0. The van der Waals surface area contributed by atoms with E-state index in [0.717, 1.165) is 23.8 Å². The maximum absolute atomic E-state index is 3.75. The number of rotatable bonds is 7. The van der Waals surface area contributed by atoms with Crippen LogP contribution < -0.4 is 10.6 Å². The predicted octanol–water partition coefficient (Wildman–Crippen LogP) is 3.42. The van der Waals surface area contributed by atoms with Crippen LogP contribution in [-0.4, -0.2) is 25.2 Å². The molecule has 0 amide bonds. The van der Waals surface area contributed by atoms with E-state index in [-0.39, 0.29) is 0 Å². The van der Waals surface area contributed by atoms with Gasteiger partial charge in [-0.2, -0.15) is 0 Å². The van der Waals surface area contributed by atoms with Crippen molar-refractivity contribution < 1.29 is 0 Å². The molecule has 2 nitrogen and oxygen atoms in total. The third kappa shape index (κ3) is 5.71. The van der Waals surface area contributed by atoms with E-state index in [2.05, 4.69) is 45.3 Å². The Labute approximate surface area is 114 Å². The summed E-state index contributed by atoms with van der Waals surface area (Å²) in [6.45, 7) is 14.1. The normalized spacial score (nSPS) is 23.0. The molecule has 1 fully saturated rings. The second-order valence-corrected chi connectivity index (χ2v) is 6.84. The molecule has 2 heteroatoms. The lowest BCUT2D eigenvalue weighted by atomic mass is 9.85. The van der Waals surface area contributed by atoms with Crippen molar-refractivity contribution in [2.75, 3.05) is 13.1 Å². The molecule has 0 aromatic rings. The molecule has 1 heterocycles. The van der Waals surface area contributed by atoms with Crippen LogP contribution in [0.4, 0.5) is 0 Å². The van der Waals surface area contributed by atoms with E-state index in [0.29, 0.717) is 6.04 Å². The van der Waals surface area contributed by atoms with E-state index in [1.165, 1.54) is 38.8 Å². The van der Waals surface area contributed by atoms with Gasteiger partial charge in [0.2, 0.25) is 0 Å². The fraction of sp³-hybridized carbons (Fsp3) is 1.00. The second-order valence-electron chi connectivity index (χ2n) is 6.84. The molecule has 108 valence electrons. The zero-order valence-electron chi connectivity index (χ0n) is 13.1. The van der Waals surface area contributed by atoms with Gasteiger partial charge >= 0.3 is 0 Å². The molecule has 0 aromatic carbocycles. The Bertz CT molecular complexity index is 199. The van der Waals surface area contributed by atoms with E-state index in [9.17, 15) is 0 Å². The van der Waals surface area contributed by atoms with Crippen molar-refractivity contribution in [3.8, 4) is 0 Å². The summed E-state index contributed by atoms with van der Waals surface area (Å²) in [5, 5.41) is 7.40. The van der Waals surface area contributed by atoms with Gasteiger partial charge in [-0.05, 0) is 57.0 Å². The van der Waals surface area contributed by atoms with Crippen molar-refractivity contribution >= 4 is 0 Å². The highest BCUT2D eigenvalue weighted by atomic mass is 15.0. The molecular formula is C16H34N2. The van der Waals surface area contributed by atoms with Gasteiger partial charge in [0.05, 0.1) is 0 Å². The Morgan fingerprint density at radius 3 is 2.22 bits per heavy atom. The van der Waals surface area contributed by atoms with Gasteiger partial charge in [-0.1, -0.05) is 34.1 Å². The summed E-state index contributed by atoms with van der Waals surface area (Å²) in [5.74, 6) is 2.35. The molecule has 18 heavy (non-hydrogen) atoms. The first-order chi connectivity index (χ1) is 8.50. The van der Waals surface area contributed by atoms with Gasteiger partial charge in [-0.3, -0.25) is 0 Å². The Morgan fingerprint density at radius 2 is 1.72 bits per heavy atom. The van der Waals surface area contributed by atoms with Crippen molar-refractivity contribution in [3.05, 3.63) is 0 Å². The van der Waals surface area contributed by atoms with Crippen molar-refractivity contribution in [1.29, 1.82) is 0 Å². The van der Waals surface area contributed by atoms with Crippen molar-refractivity contribution in [2.45, 2.75) is 72.4 Å². The summed E-state index contributed by atoms with van der Waals surface area (Å²) in [6.07, 6.45) is 5.42. The van der Waals surface area contributed by atoms with E-state index in [1.807, 2.05) is 0 Å². The van der Waals surface area contributed by atoms with Crippen LogP contribution in [0.2, 0.25) is 0 Å². The lowest BCUT2D eigenvalue weighted by Gasteiger charge is -2.30. The number of piperidine rings is 1. The molecule has 1 rings (SSSR count). The quantitative estimate of drug-likeness (QED) is 0.727. The summed E-state index contributed by atoms with van der Waals surface area (Å²) < 4.78 is 0. The van der Waals surface area contributed by atoms with Crippen LogP contribution in [0.5, 0.6) is 0 Å². The number of hydrogen-bond acceptors (Lipinski definition) is 2. The molecule has 1 aliphatic rings. The van der Waals surface area contributed by atoms with Gasteiger partial charge in [0.25, 0.3) is 0 Å². The van der Waals surface area contributed by atoms with E-state index in [1.54, 1.807) is 0 Å². The molecule has 0 aromatic heterocycles. The predicted molar refractivity (Wildman–Crippen MR) is 80.9 cm³/mol. The number of hydrogen-bond donors (Lipinski definition) is 2. The first-order valence-electron chi connectivity index (χ1n) is 7.97. The van der Waals surface area contributed by atoms with Crippen LogP contribution in [-0.2, 0) is 0 Å². The average molecular weight is 254 g/mol. The number of nitrogens with one attached hydrogen (secondary N) is 2. The lowest BCUT2D eigenvalue weighted by molar-refractivity contribution is 0.257. The molecule has 2 unspecified atom stereocenters. The minimum Gasteiger partial charge on any atom is -0.314 e. The van der Waals surface area contributed by atoms with Crippen LogP contribution in [0.3, 0.4) is 0 Å². The highest BCUT2D eigenvalue weighted by molar-refractivity contribution is 4.78. The van der Waals surface area contributed by atoms with Crippen molar-refractivity contribution in [3.63, 3.8) is 0 Å². The average Bonchev–Trinajstić information content (AvgIpc) is 2.29. The highest BCUT2D eigenvalue weighted by Crippen LogP contribution is 2.20. The molecule has 0 spiro atoms. The van der Waals surface area contributed by atoms with Crippen molar-refractivity contribution in [2.24, 2.45) is 17.8 Å². The smallest absolute Gasteiger partial charge is 0.00817 e. The van der Waals surface area contributed by atoms with E-state index < -0.39 is 0 Å². The Balaban J connectivity index is 2.24. The van der Waals surface area contributed by atoms with Gasteiger partial charge in [0, 0.05) is 12.1 Å². The highest BCUT2D eigenvalue weighted by Gasteiger charge is 2.20. The molecule has 1 saturated heterocycles. The SMILES string of the molecule is CC(CC1CCCCN1)NCC(C(C)C)C(C)C. The molecule has 0 aliphatic carbocycles. The Morgan fingerprint density at radius 1 is 1.06 bits per heavy atom. The Hall–Kier alpha value is -0.0800. The fourth-order valence-electron chi connectivity index (χ4n) is 3.21. The molecule has 2 N–H and O–H groups in total. The van der Waals surface area contributed by atoms with Gasteiger partial charge in [0.1, 0.15) is 0 Å². The standard InChI is InChI=1S/C16H34N2/c1-12(2)16(13(3)4)11-18-14(5)10-15-8-6-7-9-17-15/h12-18H,6-11H2,1-5H3. The molecule has 2 atom stereocenters. The lowest BCUT2D eigenvalue weighted by Crippen LogP contribution is -2.42. The zero-order chi connectivity index (χ0) is 13.5. The van der Waals surface area contributed by atoms with Gasteiger partial charge < -0.3 is 10.6 Å². The van der Waals surface area contributed by atoms with Crippen LogP contribution >= 0.6 is 0 Å². The molecule has 1 aliphatic heterocycles. The van der Waals surface area contributed by atoms with Crippen LogP contribution in [0.1, 0.15) is 60.3 Å². The van der Waals surface area contributed by atoms with Gasteiger partial charge in [0.15, 0.2) is 0 Å². The summed E-state index contributed by atoms with van der Waals surface area (Å²) in [4.78, 5) is 0. The minimum atomic E-state index is 0.639. The largest absolute Gasteiger partial charge is 0.314 e. The fourth-order valence-corrected chi connectivity index (χ4v) is 3.21. The third-order valence-corrected chi connectivity index (χ3v) is 4.47. The summed E-state index contributed by atoms with van der Waals surface area (Å²) in [6, 6.07) is 1.39. The molecule has 0 bridgehead atoms. The maximum Gasteiger partial charge on any atom is 0.00817 e. The zero-order valence-corrected chi connectivity index (χ0v) is 13.1. The van der Waals surface area contributed by atoms with Gasteiger partial charge in [-0.25, -0.2) is 0 Å². The monoisotopic (exact) mass is 254 g/mol. The van der Waals surface area contributed by atoms with E-state index in [4.69, 9.17) is 0 Å². The third-order valence-electron chi connectivity index (χ3n) is 4.47. The van der Waals surface area contributed by atoms with Crippen molar-refractivity contribution in [1.82, 2.24) is 10.6 Å². The minimum absolute atomic E-state index is 0.639.